The average molecular weight is 328 g/mol. The summed E-state index contributed by atoms with van der Waals surface area (Å²) in [5, 5.41) is 0. The molecule has 2 atom stereocenters. The second kappa shape index (κ2) is 6.68. The Morgan fingerprint density at radius 1 is 1.37 bits per heavy atom. The first-order chi connectivity index (χ1) is 9.04. The van der Waals surface area contributed by atoms with Crippen LogP contribution < -0.4 is 4.90 Å². The van der Waals surface area contributed by atoms with Crippen molar-refractivity contribution >= 4 is 21.6 Å². The van der Waals surface area contributed by atoms with Gasteiger partial charge in [-0.2, -0.15) is 0 Å². The molecule has 0 saturated carbocycles. The molecule has 1 aliphatic rings. The maximum absolute atomic E-state index is 5.75. The summed E-state index contributed by atoms with van der Waals surface area (Å²) in [6.07, 6.45) is 4.38. The Morgan fingerprint density at radius 3 is 2.68 bits per heavy atom. The second-order valence-electron chi connectivity index (χ2n) is 5.30. The normalized spacial score (nSPS) is 24.4. The van der Waals surface area contributed by atoms with E-state index < -0.39 is 0 Å². The zero-order chi connectivity index (χ0) is 13.8. The van der Waals surface area contributed by atoms with Gasteiger partial charge in [-0.05, 0) is 35.8 Å². The lowest BCUT2D eigenvalue weighted by molar-refractivity contribution is -0.0670. The molecule has 1 aromatic rings. The lowest BCUT2D eigenvalue weighted by atomic mass is 10.2. The van der Waals surface area contributed by atoms with Crippen LogP contribution in [0.2, 0.25) is 0 Å². The monoisotopic (exact) mass is 327 g/mol. The molecule has 1 aliphatic heterocycles. The van der Waals surface area contributed by atoms with Gasteiger partial charge in [0.1, 0.15) is 0 Å². The molecule has 1 fully saturated rings. The molecule has 0 N–H and O–H groups in total. The van der Waals surface area contributed by atoms with Gasteiger partial charge in [0, 0.05) is 43.9 Å². The van der Waals surface area contributed by atoms with E-state index in [1.807, 2.05) is 12.4 Å². The largest absolute Gasteiger partial charge is 0.373 e. The molecule has 106 valence electrons. The molecule has 0 radical (unpaired) electrons. The summed E-state index contributed by atoms with van der Waals surface area (Å²) in [6.45, 7) is 8.39. The Hall–Kier alpha value is -0.650. The molecule has 0 unspecified atom stereocenters. The topological polar surface area (TPSA) is 28.6 Å². The van der Waals surface area contributed by atoms with E-state index in [0.717, 1.165) is 36.3 Å². The molecule has 0 aliphatic carbocycles. The van der Waals surface area contributed by atoms with Gasteiger partial charge in [-0.25, -0.2) is 0 Å². The number of nitrogens with zero attached hydrogens (tertiary/aromatic N) is 3. The molecule has 19 heavy (non-hydrogen) atoms. The third-order valence-electron chi connectivity index (χ3n) is 3.38. The minimum Gasteiger partial charge on any atom is -0.373 e. The fraction of sp³-hybridized carbons (Fsp3) is 0.643. The molecule has 4 nitrogen and oxygen atoms in total. The van der Waals surface area contributed by atoms with Gasteiger partial charge in [-0.1, -0.05) is 0 Å². The van der Waals surface area contributed by atoms with E-state index in [1.54, 1.807) is 0 Å². The fourth-order valence-corrected chi connectivity index (χ4v) is 2.85. The molecule has 5 heteroatoms. The van der Waals surface area contributed by atoms with E-state index in [2.05, 4.69) is 57.7 Å². The molecule has 0 bridgehead atoms. The van der Waals surface area contributed by atoms with Crippen molar-refractivity contribution in [3.05, 3.63) is 22.9 Å². The predicted octanol–water partition coefficient (Wildman–Crippen LogP) is 2.39. The zero-order valence-electron chi connectivity index (χ0n) is 11.8. The maximum atomic E-state index is 5.75. The number of halogens is 1. The summed E-state index contributed by atoms with van der Waals surface area (Å²) in [5.41, 5.74) is 1.14. The maximum Gasteiger partial charge on any atom is 0.0678 e. The molecule has 0 amide bonds. The lowest BCUT2D eigenvalue weighted by Crippen LogP contribution is -2.47. The Balaban J connectivity index is 1.84. The van der Waals surface area contributed by atoms with Gasteiger partial charge in [-0.3, -0.25) is 9.88 Å². The van der Waals surface area contributed by atoms with E-state index >= 15 is 0 Å². The second-order valence-corrected chi connectivity index (χ2v) is 6.22. The number of morpholine rings is 1. The SMILES string of the molecule is C[C@@H]1CN(CCN(C)c2cncc(Br)c2)C[C@H](C)O1. The Bertz CT molecular complexity index is 405. The van der Waals surface area contributed by atoms with E-state index in [-0.39, 0.29) is 0 Å². The fourth-order valence-electron chi connectivity index (χ4n) is 2.50. The van der Waals surface area contributed by atoms with Crippen LogP contribution in [0.25, 0.3) is 0 Å². The average Bonchev–Trinajstić information content (AvgIpc) is 2.35. The molecule has 2 rings (SSSR count). The van der Waals surface area contributed by atoms with Crippen LogP contribution in [0.1, 0.15) is 13.8 Å². The van der Waals surface area contributed by atoms with Crippen molar-refractivity contribution in [2.24, 2.45) is 0 Å². The molecule has 1 saturated heterocycles. The molecule has 1 aromatic heterocycles. The van der Waals surface area contributed by atoms with Crippen LogP contribution in [0.5, 0.6) is 0 Å². The number of pyridine rings is 1. The van der Waals surface area contributed by atoms with Crippen LogP contribution in [0.3, 0.4) is 0 Å². The zero-order valence-corrected chi connectivity index (χ0v) is 13.4. The highest BCUT2D eigenvalue weighted by Crippen LogP contribution is 2.17. The highest BCUT2D eigenvalue weighted by Gasteiger charge is 2.21. The first-order valence-corrected chi connectivity index (χ1v) is 7.53. The van der Waals surface area contributed by atoms with Crippen LogP contribution in [-0.2, 0) is 4.74 Å². The van der Waals surface area contributed by atoms with E-state index in [4.69, 9.17) is 4.74 Å². The van der Waals surface area contributed by atoms with Crippen LogP contribution in [-0.4, -0.2) is 55.3 Å². The van der Waals surface area contributed by atoms with Crippen LogP contribution in [0.4, 0.5) is 5.69 Å². The summed E-state index contributed by atoms with van der Waals surface area (Å²) in [6, 6.07) is 2.09. The number of likely N-dealkylation sites (N-methyl/N-ethyl adjacent to an activating group) is 1. The smallest absolute Gasteiger partial charge is 0.0678 e. The van der Waals surface area contributed by atoms with Crippen molar-refractivity contribution in [1.29, 1.82) is 0 Å². The molecular weight excluding hydrogens is 306 g/mol. The molecular formula is C14H22BrN3O. The van der Waals surface area contributed by atoms with Gasteiger partial charge in [-0.15, -0.1) is 0 Å². The number of anilines is 1. The standard InChI is InChI=1S/C14H22BrN3O/c1-11-9-18(10-12(2)19-11)5-4-17(3)14-6-13(15)7-16-8-14/h6-8,11-12H,4-5,9-10H2,1-3H3/t11-,12+. The van der Waals surface area contributed by atoms with E-state index in [1.165, 1.54) is 0 Å². The Labute approximate surface area is 123 Å². The van der Waals surface area contributed by atoms with Crippen molar-refractivity contribution in [3.63, 3.8) is 0 Å². The Morgan fingerprint density at radius 2 is 2.05 bits per heavy atom. The quantitative estimate of drug-likeness (QED) is 0.849. The van der Waals surface area contributed by atoms with Gasteiger partial charge in [0.2, 0.25) is 0 Å². The summed E-state index contributed by atoms with van der Waals surface area (Å²) < 4.78 is 6.77. The predicted molar refractivity (Wildman–Crippen MR) is 81.7 cm³/mol. The molecule has 0 spiro atoms. The van der Waals surface area contributed by atoms with Crippen LogP contribution in [0, 0.1) is 0 Å². The van der Waals surface area contributed by atoms with Crippen LogP contribution >= 0.6 is 15.9 Å². The number of ether oxygens (including phenoxy) is 1. The first-order valence-electron chi connectivity index (χ1n) is 6.74. The van der Waals surface area contributed by atoms with Gasteiger partial charge in [0.15, 0.2) is 0 Å². The van der Waals surface area contributed by atoms with Crippen molar-refractivity contribution in [2.75, 3.05) is 38.1 Å². The first kappa shape index (κ1) is 14.8. The highest BCUT2D eigenvalue weighted by molar-refractivity contribution is 9.10. The minimum atomic E-state index is 0.335. The van der Waals surface area contributed by atoms with Crippen molar-refractivity contribution in [3.8, 4) is 0 Å². The molecule has 2 heterocycles. The lowest BCUT2D eigenvalue weighted by Gasteiger charge is -2.36. The minimum absolute atomic E-state index is 0.335. The number of rotatable bonds is 4. The number of hydrogen-bond acceptors (Lipinski definition) is 4. The number of aromatic nitrogens is 1. The summed E-state index contributed by atoms with van der Waals surface area (Å²) >= 11 is 3.46. The highest BCUT2D eigenvalue weighted by atomic mass is 79.9. The summed E-state index contributed by atoms with van der Waals surface area (Å²) in [5.74, 6) is 0. The van der Waals surface area contributed by atoms with Gasteiger partial charge < -0.3 is 9.64 Å². The van der Waals surface area contributed by atoms with Gasteiger partial charge in [0.25, 0.3) is 0 Å². The summed E-state index contributed by atoms with van der Waals surface area (Å²) in [7, 11) is 2.11. The number of hydrogen-bond donors (Lipinski definition) is 0. The Kier molecular flexibility index (Phi) is 5.19. The third kappa shape index (κ3) is 4.44. The molecule has 0 aromatic carbocycles. The van der Waals surface area contributed by atoms with E-state index in [0.29, 0.717) is 12.2 Å². The summed E-state index contributed by atoms with van der Waals surface area (Å²) in [4.78, 5) is 8.91. The van der Waals surface area contributed by atoms with Crippen molar-refractivity contribution in [1.82, 2.24) is 9.88 Å². The van der Waals surface area contributed by atoms with Crippen molar-refractivity contribution in [2.45, 2.75) is 26.1 Å². The van der Waals surface area contributed by atoms with E-state index in [9.17, 15) is 0 Å². The van der Waals surface area contributed by atoms with Gasteiger partial charge >= 0.3 is 0 Å². The van der Waals surface area contributed by atoms with Crippen molar-refractivity contribution < 1.29 is 4.74 Å². The third-order valence-corrected chi connectivity index (χ3v) is 3.81. The van der Waals surface area contributed by atoms with Gasteiger partial charge in [0.05, 0.1) is 24.1 Å². The van der Waals surface area contributed by atoms with Crippen LogP contribution in [0.15, 0.2) is 22.9 Å².